The van der Waals surface area contributed by atoms with Crippen molar-refractivity contribution in [3.63, 3.8) is 0 Å². The fraction of sp³-hybridized carbons (Fsp3) is 0.412. The molecule has 1 aromatic heterocycles. The van der Waals surface area contributed by atoms with Crippen molar-refractivity contribution in [3.05, 3.63) is 48.3 Å². The molecule has 1 amide bonds. The number of fused-ring (bicyclic) bond motifs is 1. The van der Waals surface area contributed by atoms with Crippen LogP contribution >= 0.6 is 0 Å². The molecule has 1 aromatic carbocycles. The third kappa shape index (κ3) is 3.13. The predicted octanol–water partition coefficient (Wildman–Crippen LogP) is 1.98. The van der Waals surface area contributed by atoms with Crippen molar-refractivity contribution in [2.24, 2.45) is 5.92 Å². The van der Waals surface area contributed by atoms with Crippen molar-refractivity contribution in [1.82, 2.24) is 14.7 Å². The molecule has 5 heteroatoms. The van der Waals surface area contributed by atoms with E-state index in [1.807, 2.05) is 53.0 Å². The molecule has 1 atom stereocenters. The zero-order valence-electron chi connectivity index (χ0n) is 12.8. The number of benzene rings is 1. The third-order valence-corrected chi connectivity index (χ3v) is 4.08. The molecule has 0 radical (unpaired) electrons. The topological polar surface area (TPSA) is 47.4 Å². The highest BCUT2D eigenvalue weighted by atomic mass is 16.5. The second kappa shape index (κ2) is 6.64. The van der Waals surface area contributed by atoms with Gasteiger partial charge in [0, 0.05) is 25.5 Å². The molecule has 1 aliphatic heterocycles. The van der Waals surface area contributed by atoms with Gasteiger partial charge >= 0.3 is 0 Å². The fourth-order valence-corrected chi connectivity index (χ4v) is 2.82. The second-order valence-electron chi connectivity index (χ2n) is 5.51. The van der Waals surface area contributed by atoms with Crippen LogP contribution in [0.4, 0.5) is 0 Å². The number of likely N-dealkylation sites (N-methyl/N-ethyl adjacent to an activating group) is 1. The zero-order chi connectivity index (χ0) is 15.4. The molecular weight excluding hydrogens is 278 g/mol. The lowest BCUT2D eigenvalue weighted by atomic mass is 9.95. The number of hydrogen-bond donors (Lipinski definition) is 0. The molecule has 1 aliphatic rings. The summed E-state index contributed by atoms with van der Waals surface area (Å²) < 4.78 is 7.59. The van der Waals surface area contributed by atoms with Crippen molar-refractivity contribution in [2.45, 2.75) is 19.9 Å². The normalized spacial score (nSPS) is 16.7. The van der Waals surface area contributed by atoms with Crippen molar-refractivity contribution >= 4 is 5.91 Å². The summed E-state index contributed by atoms with van der Waals surface area (Å²) in [5.41, 5.74) is 1.12. The first-order valence-corrected chi connectivity index (χ1v) is 7.75. The number of ether oxygens (including phenoxy) is 1. The van der Waals surface area contributed by atoms with Gasteiger partial charge in [-0.15, -0.1) is 0 Å². The number of rotatable bonds is 5. The van der Waals surface area contributed by atoms with Gasteiger partial charge < -0.3 is 9.64 Å². The van der Waals surface area contributed by atoms with Crippen LogP contribution in [0.2, 0.25) is 0 Å². The molecule has 0 spiro atoms. The molecule has 2 aromatic rings. The van der Waals surface area contributed by atoms with Crippen molar-refractivity contribution in [2.75, 3.05) is 19.7 Å². The Kier molecular flexibility index (Phi) is 4.42. The summed E-state index contributed by atoms with van der Waals surface area (Å²) >= 11 is 0. The van der Waals surface area contributed by atoms with Gasteiger partial charge in [0.15, 0.2) is 0 Å². The smallest absolute Gasteiger partial charge is 0.229 e. The minimum Gasteiger partial charge on any atom is -0.492 e. The van der Waals surface area contributed by atoms with Gasteiger partial charge in [-0.3, -0.25) is 9.48 Å². The molecule has 0 saturated carbocycles. The molecule has 0 N–H and O–H groups in total. The molecule has 0 fully saturated rings. The second-order valence-corrected chi connectivity index (χ2v) is 5.51. The highest BCUT2D eigenvalue weighted by Gasteiger charge is 2.28. The largest absolute Gasteiger partial charge is 0.492 e. The maximum atomic E-state index is 12.7. The summed E-state index contributed by atoms with van der Waals surface area (Å²) in [5.74, 6) is 0.989. The molecule has 0 bridgehead atoms. The fourth-order valence-electron chi connectivity index (χ4n) is 2.82. The van der Waals surface area contributed by atoms with Gasteiger partial charge in [-0.05, 0) is 31.0 Å². The average Bonchev–Trinajstić information content (AvgIpc) is 3.08. The van der Waals surface area contributed by atoms with Gasteiger partial charge in [-0.2, -0.15) is 5.10 Å². The van der Waals surface area contributed by atoms with Crippen molar-refractivity contribution in [1.29, 1.82) is 0 Å². The Balaban J connectivity index is 1.62. The molecule has 3 rings (SSSR count). The van der Waals surface area contributed by atoms with Crippen molar-refractivity contribution < 1.29 is 9.53 Å². The first-order valence-electron chi connectivity index (χ1n) is 7.75. The molecule has 0 aliphatic carbocycles. The zero-order valence-corrected chi connectivity index (χ0v) is 12.8. The molecule has 2 heterocycles. The summed E-state index contributed by atoms with van der Waals surface area (Å²) in [6.07, 6.45) is 4.43. The maximum Gasteiger partial charge on any atom is 0.229 e. The first-order chi connectivity index (χ1) is 10.8. The van der Waals surface area contributed by atoms with E-state index < -0.39 is 0 Å². The molecule has 5 nitrogen and oxygen atoms in total. The van der Waals surface area contributed by atoms with Gasteiger partial charge in [-0.1, -0.05) is 18.2 Å². The van der Waals surface area contributed by atoms with E-state index in [-0.39, 0.29) is 11.8 Å². The molecule has 116 valence electrons. The lowest BCUT2D eigenvalue weighted by Gasteiger charge is -2.29. The van der Waals surface area contributed by atoms with Crippen molar-refractivity contribution in [3.8, 4) is 5.75 Å². The Morgan fingerprint density at radius 1 is 1.41 bits per heavy atom. The Morgan fingerprint density at radius 3 is 3.05 bits per heavy atom. The van der Waals surface area contributed by atoms with Gasteiger partial charge in [0.2, 0.25) is 5.91 Å². The van der Waals surface area contributed by atoms with Gasteiger partial charge in [-0.25, -0.2) is 0 Å². The van der Waals surface area contributed by atoms with Crippen LogP contribution in [0.15, 0.2) is 42.7 Å². The minimum absolute atomic E-state index is 0.0903. The molecule has 0 unspecified atom stereocenters. The standard InChI is InChI=1S/C17H21N3O2/c1-2-19(10-11-20-9-5-8-18-20)17(21)15-12-14-6-3-4-7-16(14)22-13-15/h3-9,15H,2,10-13H2,1H3/t15-/m1/s1. The number of para-hydroxylation sites is 1. The summed E-state index contributed by atoms with van der Waals surface area (Å²) in [6.45, 7) is 4.58. The van der Waals surface area contributed by atoms with Crippen LogP contribution in [0.1, 0.15) is 12.5 Å². The van der Waals surface area contributed by atoms with Crippen LogP contribution in [-0.2, 0) is 17.8 Å². The Morgan fingerprint density at radius 2 is 2.27 bits per heavy atom. The summed E-state index contributed by atoms with van der Waals surface area (Å²) in [5, 5.41) is 4.18. The summed E-state index contributed by atoms with van der Waals surface area (Å²) in [6, 6.07) is 9.85. The van der Waals surface area contributed by atoms with E-state index in [0.717, 1.165) is 24.3 Å². The van der Waals surface area contributed by atoms with Crippen LogP contribution in [-0.4, -0.2) is 40.3 Å². The predicted molar refractivity (Wildman–Crippen MR) is 83.6 cm³/mol. The van der Waals surface area contributed by atoms with Gasteiger partial charge in [0.05, 0.1) is 12.5 Å². The number of nitrogens with zero attached hydrogens (tertiary/aromatic N) is 3. The average molecular weight is 299 g/mol. The van der Waals surface area contributed by atoms with Crippen LogP contribution in [0.3, 0.4) is 0 Å². The van der Waals surface area contributed by atoms with E-state index >= 15 is 0 Å². The minimum atomic E-state index is -0.0903. The van der Waals surface area contributed by atoms with Gasteiger partial charge in [0.1, 0.15) is 12.4 Å². The van der Waals surface area contributed by atoms with Crippen LogP contribution in [0.5, 0.6) is 5.75 Å². The van der Waals surface area contributed by atoms with E-state index in [1.165, 1.54) is 0 Å². The lowest BCUT2D eigenvalue weighted by Crippen LogP contribution is -2.42. The Hall–Kier alpha value is -2.30. The van der Waals surface area contributed by atoms with Crippen LogP contribution in [0.25, 0.3) is 0 Å². The van der Waals surface area contributed by atoms with E-state index in [2.05, 4.69) is 5.10 Å². The number of amides is 1. The Bertz CT molecular complexity index is 625. The number of carbonyl (C=O) groups excluding carboxylic acids is 1. The monoisotopic (exact) mass is 299 g/mol. The van der Waals surface area contributed by atoms with E-state index in [9.17, 15) is 4.79 Å². The highest BCUT2D eigenvalue weighted by molar-refractivity contribution is 5.79. The number of carbonyl (C=O) groups is 1. The SMILES string of the molecule is CCN(CCn1cccn1)C(=O)[C@H]1COc2ccccc2C1. The number of aromatic nitrogens is 2. The summed E-state index contributed by atoms with van der Waals surface area (Å²) in [4.78, 5) is 14.6. The first kappa shape index (κ1) is 14.6. The molecule has 0 saturated heterocycles. The maximum absolute atomic E-state index is 12.7. The van der Waals surface area contributed by atoms with E-state index in [4.69, 9.17) is 4.74 Å². The third-order valence-electron chi connectivity index (χ3n) is 4.08. The molecular formula is C17H21N3O2. The van der Waals surface area contributed by atoms with E-state index in [1.54, 1.807) is 6.20 Å². The highest BCUT2D eigenvalue weighted by Crippen LogP contribution is 2.27. The van der Waals surface area contributed by atoms with E-state index in [0.29, 0.717) is 19.7 Å². The lowest BCUT2D eigenvalue weighted by molar-refractivity contribution is -0.136. The van der Waals surface area contributed by atoms with Crippen LogP contribution in [0, 0.1) is 5.92 Å². The Labute approximate surface area is 130 Å². The van der Waals surface area contributed by atoms with Gasteiger partial charge in [0.25, 0.3) is 0 Å². The molecule has 22 heavy (non-hydrogen) atoms. The number of hydrogen-bond acceptors (Lipinski definition) is 3. The quantitative estimate of drug-likeness (QED) is 0.848. The summed E-state index contributed by atoms with van der Waals surface area (Å²) in [7, 11) is 0. The van der Waals surface area contributed by atoms with Crippen LogP contribution < -0.4 is 4.74 Å².